The molecule has 3 rings (SSSR count). The van der Waals surface area contributed by atoms with Gasteiger partial charge in [0.05, 0.1) is 0 Å². The van der Waals surface area contributed by atoms with Crippen molar-refractivity contribution in [2.24, 2.45) is 5.73 Å². The number of aromatic nitrogens is 3. The molecule has 0 amide bonds. The average Bonchev–Trinajstić information content (AvgIpc) is 2.84. The molecule has 5 nitrogen and oxygen atoms in total. The van der Waals surface area contributed by atoms with Crippen LogP contribution in [-0.4, -0.2) is 33.7 Å². The normalized spacial score (nSPS) is 21.4. The van der Waals surface area contributed by atoms with Crippen molar-refractivity contribution in [2.75, 3.05) is 18.0 Å². The molecule has 0 bridgehead atoms. The van der Waals surface area contributed by atoms with Gasteiger partial charge >= 0.3 is 0 Å². The molecule has 2 aromatic heterocycles. The van der Waals surface area contributed by atoms with Crippen molar-refractivity contribution >= 4 is 11.5 Å². The van der Waals surface area contributed by atoms with E-state index in [2.05, 4.69) is 15.0 Å². The molecule has 0 aliphatic carbocycles. The number of hydrogen-bond donors (Lipinski definition) is 1. The molecular weight excluding hydrogens is 190 g/mol. The molecule has 1 aliphatic rings. The summed E-state index contributed by atoms with van der Waals surface area (Å²) in [5, 5.41) is 4.48. The topological polar surface area (TPSA) is 59.5 Å². The number of nitrogens with zero attached hydrogens (tertiary/aromatic N) is 4. The lowest BCUT2D eigenvalue weighted by Crippen LogP contribution is -2.27. The molecule has 0 aromatic carbocycles. The summed E-state index contributed by atoms with van der Waals surface area (Å²) in [4.78, 5) is 6.37. The Morgan fingerprint density at radius 2 is 2.33 bits per heavy atom. The lowest BCUT2D eigenvalue weighted by atomic mass is 10.3. The molecule has 0 saturated carbocycles. The van der Waals surface area contributed by atoms with Crippen LogP contribution in [0.15, 0.2) is 24.5 Å². The van der Waals surface area contributed by atoms with E-state index in [-0.39, 0.29) is 6.04 Å². The predicted molar refractivity (Wildman–Crippen MR) is 57.8 cm³/mol. The largest absolute Gasteiger partial charge is 0.354 e. The summed E-state index contributed by atoms with van der Waals surface area (Å²) in [6.45, 7) is 1.89. The number of rotatable bonds is 1. The SMILES string of the molecule is N[C@H]1CCN(c2ccc3nccn3n2)C1. The van der Waals surface area contributed by atoms with Crippen molar-refractivity contribution in [1.29, 1.82) is 0 Å². The molecule has 15 heavy (non-hydrogen) atoms. The Bertz CT molecular complexity index is 477. The molecule has 3 heterocycles. The lowest BCUT2D eigenvalue weighted by Gasteiger charge is -2.16. The Balaban J connectivity index is 1.97. The van der Waals surface area contributed by atoms with Crippen LogP contribution in [0.3, 0.4) is 0 Å². The summed E-state index contributed by atoms with van der Waals surface area (Å²) >= 11 is 0. The van der Waals surface area contributed by atoms with E-state index < -0.39 is 0 Å². The average molecular weight is 203 g/mol. The van der Waals surface area contributed by atoms with Gasteiger partial charge in [-0.2, -0.15) is 0 Å². The van der Waals surface area contributed by atoms with E-state index in [1.54, 1.807) is 10.7 Å². The van der Waals surface area contributed by atoms with Gasteiger partial charge in [0, 0.05) is 31.5 Å². The molecule has 78 valence electrons. The van der Waals surface area contributed by atoms with E-state index >= 15 is 0 Å². The van der Waals surface area contributed by atoms with Crippen molar-refractivity contribution in [1.82, 2.24) is 14.6 Å². The van der Waals surface area contributed by atoms with Gasteiger partial charge in [0.25, 0.3) is 0 Å². The monoisotopic (exact) mass is 203 g/mol. The van der Waals surface area contributed by atoms with Crippen LogP contribution in [0, 0.1) is 0 Å². The second-order valence-electron chi connectivity index (χ2n) is 3.92. The first kappa shape index (κ1) is 8.67. The highest BCUT2D eigenvalue weighted by Gasteiger charge is 2.20. The zero-order chi connectivity index (χ0) is 10.3. The molecule has 1 saturated heterocycles. The third-order valence-electron chi connectivity index (χ3n) is 2.79. The van der Waals surface area contributed by atoms with E-state index in [0.717, 1.165) is 31.0 Å². The molecule has 2 N–H and O–H groups in total. The molecule has 0 unspecified atom stereocenters. The van der Waals surface area contributed by atoms with Crippen LogP contribution in [0.2, 0.25) is 0 Å². The summed E-state index contributed by atoms with van der Waals surface area (Å²) in [7, 11) is 0. The first-order valence-corrected chi connectivity index (χ1v) is 5.14. The Morgan fingerprint density at radius 1 is 1.40 bits per heavy atom. The highest BCUT2D eigenvalue weighted by molar-refractivity contribution is 5.46. The number of hydrogen-bond acceptors (Lipinski definition) is 4. The smallest absolute Gasteiger partial charge is 0.153 e. The van der Waals surface area contributed by atoms with Gasteiger partial charge in [-0.05, 0) is 18.6 Å². The summed E-state index contributed by atoms with van der Waals surface area (Å²) in [6, 6.07) is 4.26. The maximum absolute atomic E-state index is 5.87. The number of fused-ring (bicyclic) bond motifs is 1. The van der Waals surface area contributed by atoms with E-state index in [9.17, 15) is 0 Å². The lowest BCUT2D eigenvalue weighted by molar-refractivity contribution is 0.750. The number of nitrogens with two attached hydrogens (primary N) is 1. The second-order valence-corrected chi connectivity index (χ2v) is 3.92. The molecular formula is C10H13N5. The van der Waals surface area contributed by atoms with Crippen LogP contribution >= 0.6 is 0 Å². The molecule has 0 radical (unpaired) electrons. The Kier molecular flexibility index (Phi) is 1.85. The Morgan fingerprint density at radius 3 is 3.13 bits per heavy atom. The van der Waals surface area contributed by atoms with Crippen LogP contribution in [0.5, 0.6) is 0 Å². The van der Waals surface area contributed by atoms with Gasteiger partial charge in [0.1, 0.15) is 5.82 Å². The summed E-state index contributed by atoms with van der Waals surface area (Å²) < 4.78 is 1.79. The summed E-state index contributed by atoms with van der Waals surface area (Å²) in [5.74, 6) is 0.980. The predicted octanol–water partition coefficient (Wildman–Crippen LogP) is 0.267. The zero-order valence-electron chi connectivity index (χ0n) is 8.37. The minimum Gasteiger partial charge on any atom is -0.354 e. The van der Waals surface area contributed by atoms with Gasteiger partial charge in [0.2, 0.25) is 0 Å². The molecule has 1 atom stereocenters. The van der Waals surface area contributed by atoms with Crippen LogP contribution in [0.1, 0.15) is 6.42 Å². The first-order valence-electron chi connectivity index (χ1n) is 5.14. The fourth-order valence-corrected chi connectivity index (χ4v) is 1.97. The molecule has 1 aliphatic heterocycles. The van der Waals surface area contributed by atoms with Crippen LogP contribution in [0.25, 0.3) is 5.65 Å². The fraction of sp³-hybridized carbons (Fsp3) is 0.400. The maximum atomic E-state index is 5.87. The zero-order valence-corrected chi connectivity index (χ0v) is 8.37. The van der Waals surface area contributed by atoms with Gasteiger partial charge in [-0.1, -0.05) is 0 Å². The van der Waals surface area contributed by atoms with Crippen LogP contribution in [0.4, 0.5) is 5.82 Å². The highest BCUT2D eigenvalue weighted by Crippen LogP contribution is 2.16. The Labute approximate surface area is 87.5 Å². The molecule has 5 heteroatoms. The van der Waals surface area contributed by atoms with Crippen molar-refractivity contribution in [3.63, 3.8) is 0 Å². The van der Waals surface area contributed by atoms with Gasteiger partial charge in [-0.25, -0.2) is 9.50 Å². The van der Waals surface area contributed by atoms with Crippen LogP contribution < -0.4 is 10.6 Å². The third-order valence-corrected chi connectivity index (χ3v) is 2.79. The standard InChI is InChI=1S/C10H13N5/c11-8-3-5-14(7-8)10-2-1-9-12-4-6-15(9)13-10/h1-2,4,6,8H,3,5,7,11H2/t8-/m0/s1. The Hall–Kier alpha value is -1.62. The molecule has 1 fully saturated rings. The van der Waals surface area contributed by atoms with E-state index in [1.807, 2.05) is 18.3 Å². The quantitative estimate of drug-likeness (QED) is 0.722. The third kappa shape index (κ3) is 1.45. The molecule has 2 aromatic rings. The highest BCUT2D eigenvalue weighted by atomic mass is 15.3. The minimum absolute atomic E-state index is 0.283. The van der Waals surface area contributed by atoms with Gasteiger partial charge in [-0.15, -0.1) is 5.10 Å². The summed E-state index contributed by atoms with van der Waals surface area (Å²) in [6.07, 6.45) is 4.65. The molecule has 0 spiro atoms. The second kappa shape index (κ2) is 3.20. The van der Waals surface area contributed by atoms with Gasteiger partial charge in [-0.3, -0.25) is 0 Å². The summed E-state index contributed by atoms with van der Waals surface area (Å²) in [5.41, 5.74) is 6.74. The number of imidazole rings is 1. The number of anilines is 1. The van der Waals surface area contributed by atoms with Crippen molar-refractivity contribution in [2.45, 2.75) is 12.5 Å². The van der Waals surface area contributed by atoms with Crippen molar-refractivity contribution in [3.8, 4) is 0 Å². The van der Waals surface area contributed by atoms with E-state index in [4.69, 9.17) is 5.73 Å². The maximum Gasteiger partial charge on any atom is 0.153 e. The van der Waals surface area contributed by atoms with Crippen LogP contribution in [-0.2, 0) is 0 Å². The van der Waals surface area contributed by atoms with E-state index in [0.29, 0.717) is 0 Å². The van der Waals surface area contributed by atoms with E-state index in [1.165, 1.54) is 0 Å². The van der Waals surface area contributed by atoms with Gasteiger partial charge in [0.15, 0.2) is 5.65 Å². The minimum atomic E-state index is 0.283. The fourth-order valence-electron chi connectivity index (χ4n) is 1.97. The van der Waals surface area contributed by atoms with Gasteiger partial charge < -0.3 is 10.6 Å². The van der Waals surface area contributed by atoms with Crippen molar-refractivity contribution in [3.05, 3.63) is 24.5 Å². The van der Waals surface area contributed by atoms with Crippen molar-refractivity contribution < 1.29 is 0 Å². The first-order chi connectivity index (χ1) is 7.33.